The molecule has 0 atom stereocenters. The van der Waals surface area contributed by atoms with Crippen molar-refractivity contribution in [1.82, 2.24) is 15.4 Å². The molecule has 2 aromatic rings. The minimum Gasteiger partial charge on any atom is -0.489 e. The lowest BCUT2D eigenvalue weighted by molar-refractivity contribution is -0.121. The van der Waals surface area contributed by atoms with Crippen molar-refractivity contribution in [3.05, 3.63) is 46.8 Å². The molecule has 7 heteroatoms. The Balaban J connectivity index is 1.28. The van der Waals surface area contributed by atoms with Gasteiger partial charge in [0, 0.05) is 25.2 Å². The molecular formula is C25H35N3O4. The predicted molar refractivity (Wildman–Crippen MR) is 122 cm³/mol. The van der Waals surface area contributed by atoms with Crippen molar-refractivity contribution in [2.24, 2.45) is 0 Å². The molecule has 2 fully saturated rings. The lowest BCUT2D eigenvalue weighted by atomic mass is 9.79. The van der Waals surface area contributed by atoms with Gasteiger partial charge >= 0.3 is 0 Å². The Labute approximate surface area is 190 Å². The van der Waals surface area contributed by atoms with Gasteiger partial charge < -0.3 is 19.3 Å². The summed E-state index contributed by atoms with van der Waals surface area (Å²) in [6.45, 7) is 8.46. The van der Waals surface area contributed by atoms with Gasteiger partial charge in [-0.05, 0) is 44.4 Å². The zero-order valence-corrected chi connectivity index (χ0v) is 19.3. The van der Waals surface area contributed by atoms with E-state index in [4.69, 9.17) is 14.0 Å². The van der Waals surface area contributed by atoms with Gasteiger partial charge in [0.2, 0.25) is 5.91 Å². The molecule has 1 saturated carbocycles. The van der Waals surface area contributed by atoms with Crippen LogP contribution in [-0.4, -0.2) is 54.4 Å². The van der Waals surface area contributed by atoms with Gasteiger partial charge in [0.15, 0.2) is 0 Å². The molecule has 0 unspecified atom stereocenters. The van der Waals surface area contributed by atoms with Crippen LogP contribution >= 0.6 is 0 Å². The summed E-state index contributed by atoms with van der Waals surface area (Å²) in [5.74, 6) is 1.62. The number of aromatic nitrogens is 1. The molecule has 7 nitrogen and oxygen atoms in total. The molecule has 1 aliphatic carbocycles. The van der Waals surface area contributed by atoms with Crippen LogP contribution in [0.1, 0.15) is 54.7 Å². The van der Waals surface area contributed by atoms with Crippen molar-refractivity contribution in [3.8, 4) is 5.75 Å². The summed E-state index contributed by atoms with van der Waals surface area (Å²) in [4.78, 5) is 15.3. The monoisotopic (exact) mass is 441 g/mol. The first-order valence-electron chi connectivity index (χ1n) is 11.8. The number of hydrogen-bond acceptors (Lipinski definition) is 6. The molecule has 0 spiro atoms. The maximum Gasteiger partial charge on any atom is 0.224 e. The van der Waals surface area contributed by atoms with Crippen molar-refractivity contribution in [1.29, 1.82) is 0 Å². The molecule has 1 saturated heterocycles. The third kappa shape index (κ3) is 5.51. The number of amides is 1. The molecule has 174 valence electrons. The van der Waals surface area contributed by atoms with E-state index in [1.807, 2.05) is 38.1 Å². The van der Waals surface area contributed by atoms with Crippen LogP contribution in [0.5, 0.6) is 5.75 Å². The zero-order chi connectivity index (χ0) is 22.4. The predicted octanol–water partition coefficient (Wildman–Crippen LogP) is 3.56. The number of rotatable bonds is 8. The van der Waals surface area contributed by atoms with Gasteiger partial charge in [-0.15, -0.1) is 0 Å². The molecule has 0 radical (unpaired) electrons. The number of nitrogens with zero attached hydrogens (tertiary/aromatic N) is 2. The van der Waals surface area contributed by atoms with Crippen LogP contribution in [0.4, 0.5) is 0 Å². The largest absolute Gasteiger partial charge is 0.489 e. The first kappa shape index (κ1) is 22.8. The Morgan fingerprint density at radius 3 is 2.50 bits per heavy atom. The van der Waals surface area contributed by atoms with Gasteiger partial charge in [0.05, 0.1) is 30.9 Å². The lowest BCUT2D eigenvalue weighted by Crippen LogP contribution is -2.59. The summed E-state index contributed by atoms with van der Waals surface area (Å²) in [6.07, 6.45) is 6.47. The van der Waals surface area contributed by atoms with Crippen molar-refractivity contribution in [3.63, 3.8) is 0 Å². The van der Waals surface area contributed by atoms with Crippen LogP contribution in [-0.2, 0) is 22.6 Å². The normalized spacial score (nSPS) is 18.9. The second-order valence-electron chi connectivity index (χ2n) is 9.07. The molecule has 1 aromatic heterocycles. The number of morpholine rings is 1. The fourth-order valence-corrected chi connectivity index (χ4v) is 4.93. The van der Waals surface area contributed by atoms with Gasteiger partial charge in [-0.2, -0.15) is 0 Å². The number of carbonyl (C=O) groups is 1. The van der Waals surface area contributed by atoms with Gasteiger partial charge in [-0.3, -0.25) is 9.69 Å². The fraction of sp³-hybridized carbons (Fsp3) is 0.600. The molecule has 0 bridgehead atoms. The Morgan fingerprint density at radius 1 is 1.12 bits per heavy atom. The Morgan fingerprint density at radius 2 is 1.84 bits per heavy atom. The van der Waals surface area contributed by atoms with Crippen LogP contribution in [0.3, 0.4) is 0 Å². The molecule has 1 aromatic carbocycles. The van der Waals surface area contributed by atoms with Crippen LogP contribution in [0, 0.1) is 13.8 Å². The number of carbonyl (C=O) groups excluding carboxylic acids is 1. The maximum atomic E-state index is 12.7. The lowest BCUT2D eigenvalue weighted by Gasteiger charge is -2.48. The number of benzene rings is 1. The summed E-state index contributed by atoms with van der Waals surface area (Å²) in [5, 5.41) is 7.19. The molecule has 1 aliphatic heterocycles. The number of hydrogen-bond donors (Lipinski definition) is 1. The number of nitrogens with one attached hydrogen (secondary N) is 1. The van der Waals surface area contributed by atoms with Crippen molar-refractivity contribution < 1.29 is 18.8 Å². The van der Waals surface area contributed by atoms with Gasteiger partial charge in [0.25, 0.3) is 0 Å². The van der Waals surface area contributed by atoms with Crippen LogP contribution in [0.25, 0.3) is 0 Å². The minimum atomic E-state index is 0.0765. The number of ether oxygens (including phenoxy) is 2. The molecule has 1 N–H and O–H groups in total. The van der Waals surface area contributed by atoms with Gasteiger partial charge in [-0.25, -0.2) is 0 Å². The molecule has 4 rings (SSSR count). The highest BCUT2D eigenvalue weighted by Crippen LogP contribution is 2.34. The van der Waals surface area contributed by atoms with E-state index in [1.165, 1.54) is 19.3 Å². The highest BCUT2D eigenvalue weighted by Gasteiger charge is 2.38. The van der Waals surface area contributed by atoms with Gasteiger partial charge in [-0.1, -0.05) is 36.6 Å². The summed E-state index contributed by atoms with van der Waals surface area (Å²) in [5.41, 5.74) is 2.90. The average Bonchev–Trinajstić information content (AvgIpc) is 3.15. The van der Waals surface area contributed by atoms with E-state index in [0.29, 0.717) is 13.0 Å². The third-order valence-electron chi connectivity index (χ3n) is 6.93. The molecule has 2 heterocycles. The van der Waals surface area contributed by atoms with E-state index in [0.717, 1.165) is 74.0 Å². The summed E-state index contributed by atoms with van der Waals surface area (Å²) in [6, 6.07) is 7.75. The zero-order valence-electron chi connectivity index (χ0n) is 19.3. The summed E-state index contributed by atoms with van der Waals surface area (Å²) < 4.78 is 16.6. The number of aryl methyl sites for hydroxylation is 2. The second kappa shape index (κ2) is 10.5. The molecular weight excluding hydrogens is 406 g/mol. The van der Waals surface area contributed by atoms with E-state index < -0.39 is 0 Å². The average molecular weight is 442 g/mol. The Kier molecular flexibility index (Phi) is 7.48. The first-order valence-corrected chi connectivity index (χ1v) is 11.8. The summed E-state index contributed by atoms with van der Waals surface area (Å²) >= 11 is 0. The maximum absolute atomic E-state index is 12.7. The quantitative estimate of drug-likeness (QED) is 0.675. The molecule has 1 amide bonds. The van der Waals surface area contributed by atoms with Crippen LogP contribution < -0.4 is 10.1 Å². The van der Waals surface area contributed by atoms with Crippen LogP contribution in [0.15, 0.2) is 28.8 Å². The highest BCUT2D eigenvalue weighted by molar-refractivity contribution is 5.78. The Hall–Kier alpha value is -2.38. The topological polar surface area (TPSA) is 76.8 Å². The minimum absolute atomic E-state index is 0.0765. The first-order chi connectivity index (χ1) is 15.6. The SMILES string of the molecule is Cc1noc(C)c1COc1ccc(CC(=O)NCC2(N3CCOCC3)CCCCC2)cc1. The van der Waals surface area contributed by atoms with E-state index >= 15 is 0 Å². The summed E-state index contributed by atoms with van der Waals surface area (Å²) in [7, 11) is 0. The molecule has 2 aliphatic rings. The highest BCUT2D eigenvalue weighted by atomic mass is 16.5. The van der Waals surface area contributed by atoms with Crippen molar-refractivity contribution in [2.45, 2.75) is 64.5 Å². The Bertz CT molecular complexity index is 862. The third-order valence-corrected chi connectivity index (χ3v) is 6.93. The van der Waals surface area contributed by atoms with E-state index in [2.05, 4.69) is 15.4 Å². The van der Waals surface area contributed by atoms with Gasteiger partial charge in [0.1, 0.15) is 18.1 Å². The van der Waals surface area contributed by atoms with Crippen molar-refractivity contribution in [2.75, 3.05) is 32.8 Å². The molecule has 32 heavy (non-hydrogen) atoms. The van der Waals surface area contributed by atoms with E-state index in [9.17, 15) is 4.79 Å². The standard InChI is InChI=1S/C25H35N3O4/c1-19-23(20(2)32-27-19)17-31-22-8-6-21(7-9-22)16-24(29)26-18-25(10-4-3-5-11-25)28-12-14-30-15-13-28/h6-9H,3-5,10-18H2,1-2H3,(H,26,29). The second-order valence-corrected chi connectivity index (χ2v) is 9.07. The van der Waals surface area contributed by atoms with E-state index in [1.54, 1.807) is 0 Å². The van der Waals surface area contributed by atoms with Crippen LogP contribution in [0.2, 0.25) is 0 Å². The van der Waals surface area contributed by atoms with Crippen molar-refractivity contribution >= 4 is 5.91 Å². The smallest absolute Gasteiger partial charge is 0.224 e. The van der Waals surface area contributed by atoms with E-state index in [-0.39, 0.29) is 11.4 Å². The fourth-order valence-electron chi connectivity index (χ4n) is 4.93.